The predicted octanol–water partition coefficient (Wildman–Crippen LogP) is 4.75. The number of nitrogens with one attached hydrogen (secondary N) is 1. The van der Waals surface area contributed by atoms with E-state index >= 15 is 0 Å². The first-order valence-corrected chi connectivity index (χ1v) is 8.10. The third-order valence-electron chi connectivity index (χ3n) is 3.15. The number of hydrogen-bond acceptors (Lipinski definition) is 3. The molecule has 2 rings (SSSR count). The van der Waals surface area contributed by atoms with Gasteiger partial charge in [0.15, 0.2) is 0 Å². The molecular formula is C16H18ClNO2S. The van der Waals surface area contributed by atoms with Gasteiger partial charge in [-0.3, -0.25) is 4.79 Å². The van der Waals surface area contributed by atoms with Crippen molar-refractivity contribution in [2.24, 2.45) is 0 Å². The van der Waals surface area contributed by atoms with Crippen LogP contribution in [0.5, 0.6) is 5.75 Å². The Hall–Kier alpha value is -1.52. The predicted molar refractivity (Wildman–Crippen MR) is 88.9 cm³/mol. The average Bonchev–Trinajstić information content (AvgIpc) is 2.80. The number of alkyl halides is 1. The van der Waals surface area contributed by atoms with Gasteiger partial charge in [0.25, 0.3) is 5.91 Å². The number of hydrogen-bond donors (Lipinski definition) is 1. The zero-order valence-corrected chi connectivity index (χ0v) is 13.9. The minimum Gasteiger partial charge on any atom is -0.494 e. The Kier molecular flexibility index (Phi) is 5.26. The highest BCUT2D eigenvalue weighted by Crippen LogP contribution is 2.26. The van der Waals surface area contributed by atoms with Crippen molar-refractivity contribution in [1.82, 2.24) is 0 Å². The van der Waals surface area contributed by atoms with E-state index in [0.29, 0.717) is 17.4 Å². The Morgan fingerprint density at radius 1 is 1.33 bits per heavy atom. The van der Waals surface area contributed by atoms with Gasteiger partial charge in [-0.2, -0.15) is 0 Å². The normalized spacial score (nSPS) is 10.5. The molecule has 1 aromatic carbocycles. The van der Waals surface area contributed by atoms with Gasteiger partial charge in [-0.1, -0.05) is 0 Å². The van der Waals surface area contributed by atoms with Gasteiger partial charge < -0.3 is 10.1 Å². The summed E-state index contributed by atoms with van der Waals surface area (Å²) in [5.41, 5.74) is 2.73. The molecule has 112 valence electrons. The van der Waals surface area contributed by atoms with Crippen molar-refractivity contribution in [2.45, 2.75) is 26.7 Å². The van der Waals surface area contributed by atoms with E-state index in [4.69, 9.17) is 16.3 Å². The van der Waals surface area contributed by atoms with Crippen LogP contribution in [0.25, 0.3) is 0 Å². The average molecular weight is 324 g/mol. The van der Waals surface area contributed by atoms with Crippen LogP contribution in [0.3, 0.4) is 0 Å². The highest BCUT2D eigenvalue weighted by atomic mass is 35.5. The number of amides is 1. The fourth-order valence-corrected chi connectivity index (χ4v) is 3.07. The number of anilines is 1. The van der Waals surface area contributed by atoms with Gasteiger partial charge in [0.05, 0.1) is 17.4 Å². The lowest BCUT2D eigenvalue weighted by Gasteiger charge is -2.10. The van der Waals surface area contributed by atoms with Crippen LogP contribution in [-0.2, 0) is 5.88 Å². The van der Waals surface area contributed by atoms with E-state index in [0.717, 1.165) is 27.4 Å². The second kappa shape index (κ2) is 6.96. The fraction of sp³-hybridized carbons (Fsp3) is 0.312. The Labute approximate surface area is 133 Å². The topological polar surface area (TPSA) is 38.3 Å². The number of aryl methyl sites for hydroxylation is 2. The first-order chi connectivity index (χ1) is 10.0. The first kappa shape index (κ1) is 15.9. The maximum absolute atomic E-state index is 12.2. The number of thiophene rings is 1. The molecule has 0 aliphatic rings. The molecular weight excluding hydrogens is 306 g/mol. The third-order valence-corrected chi connectivity index (χ3v) is 4.59. The molecule has 21 heavy (non-hydrogen) atoms. The van der Waals surface area contributed by atoms with Crippen LogP contribution in [0, 0.1) is 13.8 Å². The molecule has 1 aromatic heterocycles. The zero-order chi connectivity index (χ0) is 15.4. The molecule has 0 spiro atoms. The van der Waals surface area contributed by atoms with Gasteiger partial charge in [-0.15, -0.1) is 22.9 Å². The van der Waals surface area contributed by atoms with E-state index in [9.17, 15) is 4.79 Å². The summed E-state index contributed by atoms with van der Waals surface area (Å²) in [7, 11) is 0. The molecule has 5 heteroatoms. The summed E-state index contributed by atoms with van der Waals surface area (Å²) in [6, 6.07) is 7.42. The van der Waals surface area contributed by atoms with E-state index in [-0.39, 0.29) is 5.91 Å². The van der Waals surface area contributed by atoms with Crippen molar-refractivity contribution in [3.63, 3.8) is 0 Å². The number of carbonyl (C=O) groups is 1. The van der Waals surface area contributed by atoms with E-state index in [1.165, 1.54) is 11.3 Å². The SMILES string of the molecule is CCOc1ccc(NC(=O)c2cc(C)c(C)s2)cc1CCl. The second-order valence-corrected chi connectivity index (χ2v) is 6.22. The van der Waals surface area contributed by atoms with Gasteiger partial charge in [-0.05, 0) is 50.6 Å². The smallest absolute Gasteiger partial charge is 0.265 e. The Balaban J connectivity index is 2.17. The van der Waals surface area contributed by atoms with Crippen LogP contribution in [0.15, 0.2) is 24.3 Å². The molecule has 0 bridgehead atoms. The summed E-state index contributed by atoms with van der Waals surface area (Å²) in [6.45, 7) is 6.53. The molecule has 2 aromatic rings. The number of carbonyl (C=O) groups excluding carboxylic acids is 1. The molecule has 0 fully saturated rings. The molecule has 3 nitrogen and oxygen atoms in total. The largest absolute Gasteiger partial charge is 0.494 e. The summed E-state index contributed by atoms with van der Waals surface area (Å²) in [5, 5.41) is 2.90. The lowest BCUT2D eigenvalue weighted by Crippen LogP contribution is -2.10. The molecule has 0 radical (unpaired) electrons. The van der Waals surface area contributed by atoms with E-state index in [2.05, 4.69) is 5.32 Å². The van der Waals surface area contributed by atoms with Crippen LogP contribution >= 0.6 is 22.9 Å². The van der Waals surface area contributed by atoms with E-state index < -0.39 is 0 Å². The summed E-state index contributed by atoms with van der Waals surface area (Å²) >= 11 is 7.43. The summed E-state index contributed by atoms with van der Waals surface area (Å²) in [5.74, 6) is 1.00. The van der Waals surface area contributed by atoms with Gasteiger partial charge >= 0.3 is 0 Å². The van der Waals surface area contributed by atoms with Crippen molar-refractivity contribution in [3.8, 4) is 5.75 Å². The highest BCUT2D eigenvalue weighted by molar-refractivity contribution is 7.14. The molecule has 0 saturated carbocycles. The minimum atomic E-state index is -0.0964. The molecule has 0 aliphatic carbocycles. The zero-order valence-electron chi connectivity index (χ0n) is 12.3. The van der Waals surface area contributed by atoms with Crippen LogP contribution in [0.1, 0.15) is 32.6 Å². The maximum atomic E-state index is 12.2. The van der Waals surface area contributed by atoms with Gasteiger partial charge in [0, 0.05) is 16.1 Å². The Morgan fingerprint density at radius 3 is 2.67 bits per heavy atom. The first-order valence-electron chi connectivity index (χ1n) is 6.75. The summed E-state index contributed by atoms with van der Waals surface area (Å²) in [6.07, 6.45) is 0. The molecule has 1 amide bonds. The fourth-order valence-electron chi connectivity index (χ4n) is 1.94. The molecule has 1 N–H and O–H groups in total. The van der Waals surface area contributed by atoms with E-state index in [1.54, 1.807) is 0 Å². The second-order valence-electron chi connectivity index (χ2n) is 4.69. The van der Waals surface area contributed by atoms with Crippen molar-refractivity contribution in [1.29, 1.82) is 0 Å². The Morgan fingerprint density at radius 2 is 2.10 bits per heavy atom. The van der Waals surface area contributed by atoms with E-state index in [1.807, 2.05) is 45.0 Å². The van der Waals surface area contributed by atoms with Crippen molar-refractivity contribution in [2.75, 3.05) is 11.9 Å². The molecule has 0 saturated heterocycles. The van der Waals surface area contributed by atoms with Crippen LogP contribution in [0.4, 0.5) is 5.69 Å². The van der Waals surface area contributed by atoms with Crippen molar-refractivity contribution < 1.29 is 9.53 Å². The van der Waals surface area contributed by atoms with Crippen molar-refractivity contribution in [3.05, 3.63) is 45.1 Å². The molecule has 0 atom stereocenters. The number of rotatable bonds is 5. The molecule has 0 aliphatic heterocycles. The highest BCUT2D eigenvalue weighted by Gasteiger charge is 2.12. The van der Waals surface area contributed by atoms with Gasteiger partial charge in [0.2, 0.25) is 0 Å². The number of ether oxygens (including phenoxy) is 1. The van der Waals surface area contributed by atoms with Gasteiger partial charge in [0.1, 0.15) is 5.75 Å². The van der Waals surface area contributed by atoms with Gasteiger partial charge in [-0.25, -0.2) is 0 Å². The standard InChI is InChI=1S/C16H18ClNO2S/c1-4-20-14-6-5-13(8-12(14)9-17)18-16(19)15-7-10(2)11(3)21-15/h5-8H,4,9H2,1-3H3,(H,18,19). The lowest BCUT2D eigenvalue weighted by atomic mass is 10.2. The number of halogens is 1. The number of benzene rings is 1. The summed E-state index contributed by atoms with van der Waals surface area (Å²) < 4.78 is 5.50. The van der Waals surface area contributed by atoms with Crippen LogP contribution in [0.2, 0.25) is 0 Å². The molecule has 0 unspecified atom stereocenters. The summed E-state index contributed by atoms with van der Waals surface area (Å²) in [4.78, 5) is 14.1. The Bertz CT molecular complexity index is 632. The quantitative estimate of drug-likeness (QED) is 0.806. The van der Waals surface area contributed by atoms with Crippen molar-refractivity contribution >= 4 is 34.5 Å². The minimum absolute atomic E-state index is 0.0964. The monoisotopic (exact) mass is 323 g/mol. The van der Waals surface area contributed by atoms with Crippen LogP contribution in [-0.4, -0.2) is 12.5 Å². The third kappa shape index (κ3) is 3.77. The lowest BCUT2D eigenvalue weighted by molar-refractivity contribution is 0.103. The maximum Gasteiger partial charge on any atom is 0.265 e. The molecule has 1 heterocycles. The van der Waals surface area contributed by atoms with Crippen LogP contribution < -0.4 is 10.1 Å².